The number of nitrogens with zero attached hydrogens (tertiary/aromatic N) is 5. The second-order valence-corrected chi connectivity index (χ2v) is 7.97. The van der Waals surface area contributed by atoms with Crippen molar-refractivity contribution in [1.82, 2.24) is 29.5 Å². The van der Waals surface area contributed by atoms with Crippen molar-refractivity contribution in [2.45, 2.75) is 39.7 Å². The summed E-state index contributed by atoms with van der Waals surface area (Å²) >= 11 is 6.16. The lowest BCUT2D eigenvalue weighted by molar-refractivity contribution is -0.119. The lowest BCUT2D eigenvalue weighted by atomic mass is 10.1. The van der Waals surface area contributed by atoms with Gasteiger partial charge in [0.2, 0.25) is 0 Å². The van der Waals surface area contributed by atoms with Gasteiger partial charge in [0.15, 0.2) is 5.82 Å². The number of H-pyrrole nitrogens is 1. The molecule has 0 aliphatic carbocycles. The van der Waals surface area contributed by atoms with Gasteiger partial charge in [0.25, 0.3) is 5.56 Å². The summed E-state index contributed by atoms with van der Waals surface area (Å²) in [5, 5.41) is 7.97. The van der Waals surface area contributed by atoms with Gasteiger partial charge in [0.1, 0.15) is 5.78 Å². The number of rotatable bonds is 8. The molecule has 0 bridgehead atoms. The van der Waals surface area contributed by atoms with E-state index in [9.17, 15) is 9.59 Å². The van der Waals surface area contributed by atoms with Gasteiger partial charge in [0, 0.05) is 49.7 Å². The van der Waals surface area contributed by atoms with Crippen LogP contribution in [0.5, 0.6) is 0 Å². The second kappa shape index (κ2) is 9.32. The Morgan fingerprint density at radius 2 is 2.03 bits per heavy atom. The molecule has 32 heavy (non-hydrogen) atoms. The molecule has 0 aliphatic heterocycles. The van der Waals surface area contributed by atoms with E-state index >= 15 is 0 Å². The molecule has 0 atom stereocenters. The zero-order chi connectivity index (χ0) is 22.7. The molecule has 0 radical (unpaired) electrons. The van der Waals surface area contributed by atoms with E-state index in [1.165, 1.54) is 4.68 Å². The van der Waals surface area contributed by atoms with Gasteiger partial charge in [-0.3, -0.25) is 24.4 Å². The SMILES string of the molecule is Cc1nn(CCC(=O)CCc2ccnc(-n3[nH]cc(-c4cccnc4)c3=O)c2)c(C)c1Cl. The molecule has 0 fully saturated rings. The minimum absolute atomic E-state index is 0.142. The third-order valence-corrected chi connectivity index (χ3v) is 5.92. The van der Waals surface area contributed by atoms with Crippen LogP contribution in [0.25, 0.3) is 16.9 Å². The first-order chi connectivity index (χ1) is 15.4. The summed E-state index contributed by atoms with van der Waals surface area (Å²) in [6.45, 7) is 4.26. The zero-order valence-electron chi connectivity index (χ0n) is 17.9. The maximum Gasteiger partial charge on any atom is 0.280 e. The van der Waals surface area contributed by atoms with Crippen molar-refractivity contribution in [3.05, 3.63) is 81.4 Å². The first-order valence-corrected chi connectivity index (χ1v) is 10.7. The van der Waals surface area contributed by atoms with Crippen LogP contribution in [0.15, 0.2) is 53.8 Å². The monoisotopic (exact) mass is 450 g/mol. The molecule has 8 nitrogen and oxygen atoms in total. The molecular formula is C23H23ClN6O2. The number of ketones is 1. The third kappa shape index (κ3) is 4.55. The number of aromatic nitrogens is 6. The third-order valence-electron chi connectivity index (χ3n) is 5.37. The second-order valence-electron chi connectivity index (χ2n) is 7.59. The highest BCUT2D eigenvalue weighted by Crippen LogP contribution is 2.19. The van der Waals surface area contributed by atoms with E-state index in [0.717, 1.165) is 22.5 Å². The summed E-state index contributed by atoms with van der Waals surface area (Å²) < 4.78 is 3.16. The summed E-state index contributed by atoms with van der Waals surface area (Å²) in [5.74, 6) is 0.621. The predicted octanol–water partition coefficient (Wildman–Crippen LogP) is 3.68. The summed E-state index contributed by atoms with van der Waals surface area (Å²) in [6, 6.07) is 7.29. The molecule has 0 saturated heterocycles. The number of hydrogen-bond acceptors (Lipinski definition) is 5. The lowest BCUT2D eigenvalue weighted by Crippen LogP contribution is -2.17. The van der Waals surface area contributed by atoms with E-state index in [1.54, 1.807) is 35.5 Å². The van der Waals surface area contributed by atoms with E-state index in [1.807, 2.05) is 32.0 Å². The number of Topliss-reactive ketones (excluding diaryl/α,β-unsaturated/α-hetero) is 1. The molecule has 4 aromatic rings. The molecule has 0 aliphatic rings. The van der Waals surface area contributed by atoms with Crippen LogP contribution < -0.4 is 5.56 Å². The number of pyridine rings is 2. The van der Waals surface area contributed by atoms with Crippen LogP contribution in [-0.2, 0) is 17.8 Å². The molecule has 0 unspecified atom stereocenters. The number of carbonyl (C=O) groups excluding carboxylic acids is 1. The van der Waals surface area contributed by atoms with Crippen LogP contribution in [0, 0.1) is 13.8 Å². The maximum atomic E-state index is 12.8. The van der Waals surface area contributed by atoms with Gasteiger partial charge in [-0.15, -0.1) is 0 Å². The zero-order valence-corrected chi connectivity index (χ0v) is 18.6. The minimum atomic E-state index is -0.206. The highest BCUT2D eigenvalue weighted by Gasteiger charge is 2.13. The number of nitrogens with one attached hydrogen (secondary N) is 1. The normalized spacial score (nSPS) is 11.1. The highest BCUT2D eigenvalue weighted by molar-refractivity contribution is 6.31. The largest absolute Gasteiger partial charge is 0.300 e. The molecule has 0 spiro atoms. The first kappa shape index (κ1) is 21.7. The molecule has 4 heterocycles. The highest BCUT2D eigenvalue weighted by atomic mass is 35.5. The predicted molar refractivity (Wildman–Crippen MR) is 122 cm³/mol. The molecule has 164 valence electrons. The molecule has 9 heteroatoms. The fourth-order valence-corrected chi connectivity index (χ4v) is 3.67. The summed E-state index contributed by atoms with van der Waals surface area (Å²) in [6.07, 6.45) is 7.94. The summed E-state index contributed by atoms with van der Waals surface area (Å²) in [7, 11) is 0. The van der Waals surface area contributed by atoms with Gasteiger partial charge in [-0.25, -0.2) is 9.67 Å². The van der Waals surface area contributed by atoms with Gasteiger partial charge < -0.3 is 0 Å². The van der Waals surface area contributed by atoms with E-state index in [2.05, 4.69) is 20.2 Å². The molecule has 0 aromatic carbocycles. The van der Waals surface area contributed by atoms with E-state index in [4.69, 9.17) is 11.6 Å². The fourth-order valence-electron chi connectivity index (χ4n) is 3.54. The summed E-state index contributed by atoms with van der Waals surface area (Å²) in [5.41, 5.74) is 3.62. The van der Waals surface area contributed by atoms with Crippen molar-refractivity contribution in [2.75, 3.05) is 0 Å². The Bertz CT molecular complexity index is 1310. The standard InChI is InChI=1S/C23H23ClN6O2/c1-15-22(24)16(2)29(28-15)11-8-19(31)6-5-17-7-10-26-21(12-17)30-23(32)20(14-27-30)18-4-3-9-25-13-18/h3-4,7,9-10,12-14,27H,5-6,8,11H2,1-2H3. The average Bonchev–Trinajstić information content (AvgIpc) is 3.31. The Morgan fingerprint density at radius 1 is 1.19 bits per heavy atom. The Kier molecular flexibility index (Phi) is 6.32. The molecule has 0 saturated carbocycles. The van der Waals surface area contributed by atoms with Gasteiger partial charge in [-0.05, 0) is 44.0 Å². The van der Waals surface area contributed by atoms with Gasteiger partial charge in [-0.1, -0.05) is 17.7 Å². The number of halogens is 1. The van der Waals surface area contributed by atoms with E-state index < -0.39 is 0 Å². The molecule has 4 rings (SSSR count). The van der Waals surface area contributed by atoms with Gasteiger partial charge in [-0.2, -0.15) is 5.10 Å². The topological polar surface area (TPSA) is 98.5 Å². The number of hydrogen-bond donors (Lipinski definition) is 1. The van der Waals surface area contributed by atoms with Crippen LogP contribution in [-0.4, -0.2) is 35.3 Å². The van der Waals surface area contributed by atoms with Crippen LogP contribution >= 0.6 is 11.6 Å². The van der Waals surface area contributed by atoms with Crippen LogP contribution in [0.3, 0.4) is 0 Å². The number of aromatic amines is 1. The molecule has 1 N–H and O–H groups in total. The van der Waals surface area contributed by atoms with Crippen molar-refractivity contribution in [1.29, 1.82) is 0 Å². The van der Waals surface area contributed by atoms with Gasteiger partial charge in [0.05, 0.1) is 22.0 Å². The smallest absolute Gasteiger partial charge is 0.280 e. The number of carbonyl (C=O) groups is 1. The Morgan fingerprint density at radius 3 is 2.75 bits per heavy atom. The van der Waals surface area contributed by atoms with Crippen molar-refractivity contribution in [2.24, 2.45) is 0 Å². The van der Waals surface area contributed by atoms with Gasteiger partial charge >= 0.3 is 0 Å². The first-order valence-electron chi connectivity index (χ1n) is 10.3. The van der Waals surface area contributed by atoms with Crippen molar-refractivity contribution < 1.29 is 4.79 Å². The van der Waals surface area contributed by atoms with Crippen LogP contribution in [0.1, 0.15) is 29.8 Å². The Labute approximate surface area is 189 Å². The minimum Gasteiger partial charge on any atom is -0.300 e. The molecular weight excluding hydrogens is 428 g/mol. The average molecular weight is 451 g/mol. The van der Waals surface area contributed by atoms with E-state index in [0.29, 0.717) is 42.2 Å². The Balaban J connectivity index is 1.40. The Hall–Kier alpha value is -3.52. The fraction of sp³-hybridized carbons (Fsp3) is 0.261. The van der Waals surface area contributed by atoms with Crippen molar-refractivity contribution in [3.63, 3.8) is 0 Å². The molecule has 0 amide bonds. The number of aryl methyl sites for hydroxylation is 3. The maximum absolute atomic E-state index is 12.8. The van der Waals surface area contributed by atoms with Crippen molar-refractivity contribution >= 4 is 17.4 Å². The van der Waals surface area contributed by atoms with Crippen LogP contribution in [0.4, 0.5) is 0 Å². The van der Waals surface area contributed by atoms with Crippen LogP contribution in [0.2, 0.25) is 5.02 Å². The van der Waals surface area contributed by atoms with E-state index in [-0.39, 0.29) is 11.3 Å². The lowest BCUT2D eigenvalue weighted by Gasteiger charge is -2.06. The quantitative estimate of drug-likeness (QED) is 0.441. The van der Waals surface area contributed by atoms with Crippen molar-refractivity contribution in [3.8, 4) is 16.9 Å². The molecule has 4 aromatic heterocycles. The summed E-state index contributed by atoms with van der Waals surface area (Å²) in [4.78, 5) is 33.6.